The highest BCUT2D eigenvalue weighted by molar-refractivity contribution is 9.10. The van der Waals surface area contributed by atoms with Gasteiger partial charge in [-0.15, -0.1) is 0 Å². The third-order valence-electron chi connectivity index (χ3n) is 7.66. The van der Waals surface area contributed by atoms with Crippen LogP contribution < -0.4 is 15.1 Å². The van der Waals surface area contributed by atoms with Crippen LogP contribution in [-0.4, -0.2) is 81.0 Å². The molecule has 2 aromatic carbocycles. The topological polar surface area (TPSA) is 74.4 Å². The summed E-state index contributed by atoms with van der Waals surface area (Å²) in [4.78, 5) is 32.1. The number of anilines is 2. The van der Waals surface area contributed by atoms with Crippen molar-refractivity contribution in [3.05, 3.63) is 57.6 Å². The van der Waals surface area contributed by atoms with E-state index in [1.807, 2.05) is 45.0 Å². The maximum atomic E-state index is 13.2. The van der Waals surface area contributed by atoms with Crippen LogP contribution in [0.25, 0.3) is 0 Å². The molecule has 1 N–H and O–H groups in total. The quantitative estimate of drug-likeness (QED) is 0.553. The van der Waals surface area contributed by atoms with Crippen molar-refractivity contribution in [3.8, 4) is 0 Å². The van der Waals surface area contributed by atoms with Gasteiger partial charge in [-0.25, -0.2) is 4.79 Å². The predicted molar refractivity (Wildman–Crippen MR) is 157 cm³/mol. The van der Waals surface area contributed by atoms with Gasteiger partial charge in [-0.05, 0) is 87.6 Å². The Balaban J connectivity index is 1.23. The first-order valence-electron chi connectivity index (χ1n) is 13.9. The highest BCUT2D eigenvalue weighted by Crippen LogP contribution is 2.36. The van der Waals surface area contributed by atoms with E-state index in [4.69, 9.17) is 9.47 Å². The Bertz CT molecular complexity index is 1180. The van der Waals surface area contributed by atoms with Crippen LogP contribution in [0, 0.1) is 0 Å². The maximum absolute atomic E-state index is 13.2. The molecular weight excluding hydrogens is 560 g/mol. The number of fused-ring (bicyclic) bond motifs is 1. The average molecular weight is 600 g/mol. The zero-order valence-corrected chi connectivity index (χ0v) is 24.8. The number of carbonyl (C=O) groups is 2. The van der Waals surface area contributed by atoms with Crippen LogP contribution in [0.5, 0.6) is 0 Å². The number of hydrogen-bond acceptors (Lipinski definition) is 6. The van der Waals surface area contributed by atoms with Crippen molar-refractivity contribution in [3.63, 3.8) is 0 Å². The highest BCUT2D eigenvalue weighted by Gasteiger charge is 2.30. The zero-order chi connectivity index (χ0) is 27.6. The van der Waals surface area contributed by atoms with Gasteiger partial charge in [-0.1, -0.05) is 15.9 Å². The lowest BCUT2D eigenvalue weighted by Crippen LogP contribution is -2.50. The number of rotatable bonds is 4. The van der Waals surface area contributed by atoms with Gasteiger partial charge in [-0.2, -0.15) is 0 Å². The average Bonchev–Trinajstić information content (AvgIpc) is 2.93. The second-order valence-corrected chi connectivity index (χ2v) is 12.4. The number of nitrogens with one attached hydrogen (secondary N) is 1. The van der Waals surface area contributed by atoms with E-state index in [0.717, 1.165) is 68.8 Å². The number of morpholine rings is 1. The Hall–Kier alpha value is -2.78. The molecular formula is C30H39BrN4O4. The summed E-state index contributed by atoms with van der Waals surface area (Å²) in [6, 6.07) is 12.3. The van der Waals surface area contributed by atoms with Crippen LogP contribution in [0.2, 0.25) is 0 Å². The molecule has 2 heterocycles. The molecule has 39 heavy (non-hydrogen) atoms. The molecule has 0 unspecified atom stereocenters. The van der Waals surface area contributed by atoms with E-state index in [0.29, 0.717) is 18.7 Å². The van der Waals surface area contributed by atoms with Crippen LogP contribution in [0.15, 0.2) is 40.9 Å². The van der Waals surface area contributed by atoms with Crippen molar-refractivity contribution in [1.82, 2.24) is 10.2 Å². The summed E-state index contributed by atoms with van der Waals surface area (Å²) in [5.41, 5.74) is 5.12. The van der Waals surface area contributed by atoms with E-state index >= 15 is 0 Å². The fourth-order valence-electron chi connectivity index (χ4n) is 5.61. The number of ether oxygens (including phenoxy) is 2. The number of halogens is 1. The first kappa shape index (κ1) is 27.8. The number of benzene rings is 2. The monoisotopic (exact) mass is 598 g/mol. The van der Waals surface area contributed by atoms with E-state index in [-0.39, 0.29) is 18.0 Å². The maximum Gasteiger partial charge on any atom is 0.410 e. The van der Waals surface area contributed by atoms with Crippen LogP contribution in [0.3, 0.4) is 0 Å². The smallest absolute Gasteiger partial charge is 0.410 e. The molecule has 0 spiro atoms. The summed E-state index contributed by atoms with van der Waals surface area (Å²) in [6.45, 7) is 11.7. The van der Waals surface area contributed by atoms with Gasteiger partial charge < -0.3 is 29.5 Å². The minimum absolute atomic E-state index is 0.0282. The van der Waals surface area contributed by atoms with Crippen LogP contribution >= 0.6 is 15.9 Å². The van der Waals surface area contributed by atoms with Crippen LogP contribution in [0.1, 0.15) is 48.7 Å². The molecule has 0 bridgehead atoms. The Labute approximate surface area is 239 Å². The molecule has 1 atom stereocenters. The molecule has 2 aliphatic heterocycles. The normalized spacial score (nSPS) is 19.9. The largest absolute Gasteiger partial charge is 0.444 e. The summed E-state index contributed by atoms with van der Waals surface area (Å²) < 4.78 is 12.1. The molecule has 0 aromatic heterocycles. The van der Waals surface area contributed by atoms with Crippen molar-refractivity contribution in [1.29, 1.82) is 0 Å². The molecule has 9 heteroatoms. The fraction of sp³-hybridized carbons (Fsp3) is 0.533. The Morgan fingerprint density at radius 1 is 0.923 bits per heavy atom. The molecule has 0 saturated carbocycles. The minimum Gasteiger partial charge on any atom is -0.444 e. The van der Waals surface area contributed by atoms with Gasteiger partial charge in [0.2, 0.25) is 0 Å². The lowest BCUT2D eigenvalue weighted by Gasteiger charge is -2.39. The summed E-state index contributed by atoms with van der Waals surface area (Å²) in [6.07, 6.45) is 2.34. The third kappa shape index (κ3) is 6.69. The Morgan fingerprint density at radius 3 is 2.28 bits per heavy atom. The Kier molecular flexibility index (Phi) is 8.38. The van der Waals surface area contributed by atoms with Gasteiger partial charge in [0.05, 0.1) is 13.2 Å². The van der Waals surface area contributed by atoms with Gasteiger partial charge in [0, 0.05) is 66.7 Å². The number of carbonyl (C=O) groups excluding carboxylic acids is 2. The third-order valence-corrected chi connectivity index (χ3v) is 8.40. The molecule has 210 valence electrons. The lowest BCUT2D eigenvalue weighted by atomic mass is 9.86. The Morgan fingerprint density at radius 2 is 1.62 bits per heavy atom. The summed E-state index contributed by atoms with van der Waals surface area (Å²) in [7, 11) is 0. The van der Waals surface area contributed by atoms with Gasteiger partial charge >= 0.3 is 6.09 Å². The minimum atomic E-state index is -0.497. The van der Waals surface area contributed by atoms with E-state index in [1.165, 1.54) is 16.8 Å². The molecule has 2 saturated heterocycles. The number of nitrogens with zero attached hydrogens (tertiary/aromatic N) is 3. The second kappa shape index (κ2) is 11.8. The zero-order valence-electron chi connectivity index (χ0n) is 23.2. The second-order valence-electron chi connectivity index (χ2n) is 11.5. The molecule has 5 rings (SSSR count). The van der Waals surface area contributed by atoms with Gasteiger partial charge in [0.1, 0.15) is 5.60 Å². The van der Waals surface area contributed by atoms with Crippen molar-refractivity contribution in [2.75, 3.05) is 62.3 Å². The van der Waals surface area contributed by atoms with Crippen LogP contribution in [-0.2, 0) is 22.3 Å². The van der Waals surface area contributed by atoms with E-state index in [1.54, 1.807) is 4.90 Å². The van der Waals surface area contributed by atoms with Crippen molar-refractivity contribution in [2.24, 2.45) is 0 Å². The molecule has 3 aliphatic rings. The first-order chi connectivity index (χ1) is 18.7. The standard InChI is InChI=1S/C30H39BrN4O4/c1-30(2,3)39-29(37)35-14-12-34(13-15-35)27-11-10-26(31)24-9-6-22(20-25(24)27)32-28(36)21-4-7-23(8-5-21)33-16-18-38-19-17-33/h4-5,7-8,10-11,22H,6,9,12-20H2,1-3H3,(H,32,36)/t22-/m1/s1. The molecule has 2 amide bonds. The summed E-state index contributed by atoms with van der Waals surface area (Å²) in [5.74, 6) is -0.0282. The van der Waals surface area contributed by atoms with E-state index in [2.05, 4.69) is 43.2 Å². The number of piperazine rings is 1. The lowest BCUT2D eigenvalue weighted by molar-refractivity contribution is 0.0240. The van der Waals surface area contributed by atoms with E-state index in [9.17, 15) is 9.59 Å². The first-order valence-corrected chi connectivity index (χ1v) is 14.7. The van der Waals surface area contributed by atoms with Gasteiger partial charge in [0.15, 0.2) is 0 Å². The molecule has 0 radical (unpaired) electrons. The molecule has 2 fully saturated rings. The van der Waals surface area contributed by atoms with Crippen molar-refractivity contribution in [2.45, 2.75) is 51.7 Å². The van der Waals surface area contributed by atoms with Crippen molar-refractivity contribution >= 4 is 39.3 Å². The number of hydrogen-bond donors (Lipinski definition) is 1. The van der Waals surface area contributed by atoms with Crippen molar-refractivity contribution < 1.29 is 19.1 Å². The SMILES string of the molecule is CC(C)(C)OC(=O)N1CCN(c2ccc(Br)c3c2C[C@H](NC(=O)c2ccc(N4CCOCC4)cc2)CC3)CC1. The predicted octanol–water partition coefficient (Wildman–Crippen LogP) is 4.63. The van der Waals surface area contributed by atoms with Gasteiger partial charge in [-0.3, -0.25) is 4.79 Å². The highest BCUT2D eigenvalue weighted by atomic mass is 79.9. The van der Waals surface area contributed by atoms with Crippen LogP contribution in [0.4, 0.5) is 16.2 Å². The molecule has 1 aliphatic carbocycles. The summed E-state index contributed by atoms with van der Waals surface area (Å²) >= 11 is 3.76. The van der Waals surface area contributed by atoms with E-state index < -0.39 is 5.60 Å². The molecule has 2 aromatic rings. The summed E-state index contributed by atoms with van der Waals surface area (Å²) in [5, 5.41) is 3.29. The fourth-order valence-corrected chi connectivity index (χ4v) is 6.18. The van der Waals surface area contributed by atoms with Gasteiger partial charge in [0.25, 0.3) is 5.91 Å². The number of amides is 2. The molecule has 8 nitrogen and oxygen atoms in total.